The summed E-state index contributed by atoms with van der Waals surface area (Å²) in [6.07, 6.45) is 0. The molecule has 2 aromatic carbocycles. The first-order valence-electron chi connectivity index (χ1n) is 6.36. The molecular weight excluding hydrogens is 316 g/mol. The van der Waals surface area contributed by atoms with Crippen molar-refractivity contribution in [2.24, 2.45) is 0 Å². The fourth-order valence-corrected chi connectivity index (χ4v) is 1.72. The van der Waals surface area contributed by atoms with Crippen LogP contribution < -0.4 is 10.6 Å². The van der Waals surface area contributed by atoms with E-state index in [0.29, 0.717) is 6.07 Å². The second-order valence-electron chi connectivity index (χ2n) is 4.43. The van der Waals surface area contributed by atoms with Crippen LogP contribution in [0, 0.1) is 23.3 Å². The minimum absolute atomic E-state index is 0.265. The highest BCUT2D eigenvalue weighted by Crippen LogP contribution is 2.19. The van der Waals surface area contributed by atoms with Gasteiger partial charge < -0.3 is 10.6 Å². The summed E-state index contributed by atoms with van der Waals surface area (Å²) in [6.45, 7) is -0.606. The molecule has 8 heteroatoms. The Kier molecular flexibility index (Phi) is 4.95. The number of carbonyl (C=O) groups excluding carboxylic acids is 2. The van der Waals surface area contributed by atoms with E-state index in [1.54, 1.807) is 0 Å². The van der Waals surface area contributed by atoms with E-state index in [2.05, 4.69) is 5.32 Å². The Hall–Kier alpha value is -2.90. The van der Waals surface area contributed by atoms with Crippen molar-refractivity contribution >= 4 is 17.5 Å². The maximum absolute atomic E-state index is 13.4. The Bertz CT molecular complexity index is 765. The first-order chi connectivity index (χ1) is 10.9. The molecule has 2 rings (SSSR count). The van der Waals surface area contributed by atoms with Gasteiger partial charge in [-0.1, -0.05) is 12.1 Å². The minimum Gasteiger partial charge on any atom is -0.343 e. The number of carbonyl (C=O) groups is 2. The molecule has 120 valence electrons. The van der Waals surface area contributed by atoms with Crippen LogP contribution in [0.5, 0.6) is 0 Å². The Morgan fingerprint density at radius 1 is 0.870 bits per heavy atom. The summed E-state index contributed by atoms with van der Waals surface area (Å²) < 4.78 is 52.5. The number of hydrogen-bond acceptors (Lipinski definition) is 2. The van der Waals surface area contributed by atoms with Crippen LogP contribution in [0.15, 0.2) is 36.4 Å². The molecule has 0 aliphatic carbocycles. The molecule has 0 atom stereocenters. The van der Waals surface area contributed by atoms with Gasteiger partial charge in [0.1, 0.15) is 5.82 Å². The van der Waals surface area contributed by atoms with Gasteiger partial charge >= 0.3 is 0 Å². The van der Waals surface area contributed by atoms with Crippen molar-refractivity contribution in [2.75, 3.05) is 11.9 Å². The van der Waals surface area contributed by atoms with Crippen LogP contribution in [0.25, 0.3) is 0 Å². The third kappa shape index (κ3) is 3.85. The highest BCUT2D eigenvalue weighted by Gasteiger charge is 2.16. The van der Waals surface area contributed by atoms with Gasteiger partial charge in [-0.05, 0) is 24.3 Å². The van der Waals surface area contributed by atoms with Crippen LogP contribution in [0.4, 0.5) is 23.2 Å². The predicted octanol–water partition coefficient (Wildman–Crippen LogP) is 2.61. The maximum atomic E-state index is 13.4. The van der Waals surface area contributed by atoms with Crippen LogP contribution in [0.3, 0.4) is 0 Å². The Morgan fingerprint density at radius 2 is 1.57 bits per heavy atom. The lowest BCUT2D eigenvalue weighted by atomic mass is 10.2. The van der Waals surface area contributed by atoms with E-state index in [1.165, 1.54) is 18.2 Å². The molecule has 0 aromatic heterocycles. The summed E-state index contributed by atoms with van der Waals surface area (Å²) in [7, 11) is 0. The molecule has 0 fully saturated rings. The lowest BCUT2D eigenvalue weighted by Crippen LogP contribution is -2.33. The highest BCUT2D eigenvalue weighted by atomic mass is 19.2. The molecule has 2 aromatic rings. The monoisotopic (exact) mass is 326 g/mol. The molecular formula is C15H10F4N2O2. The van der Waals surface area contributed by atoms with Gasteiger partial charge in [-0.3, -0.25) is 9.59 Å². The predicted molar refractivity (Wildman–Crippen MR) is 73.7 cm³/mol. The zero-order valence-corrected chi connectivity index (χ0v) is 11.5. The van der Waals surface area contributed by atoms with Crippen molar-refractivity contribution < 1.29 is 27.2 Å². The van der Waals surface area contributed by atoms with Gasteiger partial charge in [0.15, 0.2) is 17.5 Å². The molecule has 2 N–H and O–H groups in total. The van der Waals surface area contributed by atoms with E-state index in [1.807, 2.05) is 5.32 Å². The third-order valence-corrected chi connectivity index (χ3v) is 2.84. The van der Waals surface area contributed by atoms with Crippen LogP contribution >= 0.6 is 0 Å². The fraction of sp³-hybridized carbons (Fsp3) is 0.0667. The third-order valence-electron chi connectivity index (χ3n) is 2.84. The lowest BCUT2D eigenvalue weighted by Gasteiger charge is -2.09. The summed E-state index contributed by atoms with van der Waals surface area (Å²) in [6, 6.07) is 6.61. The first-order valence-corrected chi connectivity index (χ1v) is 6.36. The van der Waals surface area contributed by atoms with Gasteiger partial charge in [0, 0.05) is 0 Å². The quantitative estimate of drug-likeness (QED) is 0.670. The zero-order chi connectivity index (χ0) is 17.0. The van der Waals surface area contributed by atoms with E-state index in [9.17, 15) is 27.2 Å². The topological polar surface area (TPSA) is 58.2 Å². The molecule has 4 nitrogen and oxygen atoms in total. The van der Waals surface area contributed by atoms with Crippen molar-refractivity contribution in [3.05, 3.63) is 65.2 Å². The average Bonchev–Trinajstić information content (AvgIpc) is 2.53. The molecule has 0 heterocycles. The standard InChI is InChI=1S/C15H10F4N2O2/c16-9-4-2-1-3-8(9)15(23)20-7-12(22)21-11-6-5-10(17)13(18)14(11)19/h1-6H,7H2,(H,20,23)(H,21,22). The Morgan fingerprint density at radius 3 is 2.26 bits per heavy atom. The summed E-state index contributed by atoms with van der Waals surface area (Å²) in [5.41, 5.74) is -0.839. The average molecular weight is 326 g/mol. The smallest absolute Gasteiger partial charge is 0.254 e. The van der Waals surface area contributed by atoms with E-state index in [0.717, 1.165) is 12.1 Å². The normalized spacial score (nSPS) is 10.3. The van der Waals surface area contributed by atoms with Crippen molar-refractivity contribution in [3.8, 4) is 0 Å². The fourth-order valence-electron chi connectivity index (χ4n) is 1.72. The van der Waals surface area contributed by atoms with E-state index < -0.39 is 47.3 Å². The number of anilines is 1. The van der Waals surface area contributed by atoms with Gasteiger partial charge in [-0.15, -0.1) is 0 Å². The van der Waals surface area contributed by atoms with Gasteiger partial charge in [0.05, 0.1) is 17.8 Å². The largest absolute Gasteiger partial charge is 0.343 e. The second kappa shape index (κ2) is 6.91. The number of nitrogens with one attached hydrogen (secondary N) is 2. The molecule has 0 spiro atoms. The molecule has 2 amide bonds. The van der Waals surface area contributed by atoms with Gasteiger partial charge in [-0.2, -0.15) is 0 Å². The molecule has 0 saturated carbocycles. The maximum Gasteiger partial charge on any atom is 0.254 e. The van der Waals surface area contributed by atoms with Crippen molar-refractivity contribution in [1.29, 1.82) is 0 Å². The SMILES string of the molecule is O=C(CNC(=O)c1ccccc1F)Nc1ccc(F)c(F)c1F. The number of hydrogen-bond donors (Lipinski definition) is 2. The summed E-state index contributed by atoms with van der Waals surface area (Å²) in [5, 5.41) is 4.09. The van der Waals surface area contributed by atoms with Crippen LogP contribution in [-0.4, -0.2) is 18.4 Å². The summed E-state index contributed by atoms with van der Waals surface area (Å²) in [5.74, 6) is -7.18. The second-order valence-corrected chi connectivity index (χ2v) is 4.43. The highest BCUT2D eigenvalue weighted by molar-refractivity contribution is 5.99. The number of benzene rings is 2. The molecule has 0 radical (unpaired) electrons. The molecule has 23 heavy (non-hydrogen) atoms. The van der Waals surface area contributed by atoms with E-state index in [-0.39, 0.29) is 5.56 Å². The molecule has 0 aliphatic rings. The number of amides is 2. The van der Waals surface area contributed by atoms with E-state index >= 15 is 0 Å². The Balaban J connectivity index is 1.97. The summed E-state index contributed by atoms with van der Waals surface area (Å²) in [4.78, 5) is 23.3. The number of rotatable bonds is 4. The van der Waals surface area contributed by atoms with Gasteiger partial charge in [0.2, 0.25) is 5.91 Å². The van der Waals surface area contributed by atoms with Crippen LogP contribution in [0.1, 0.15) is 10.4 Å². The van der Waals surface area contributed by atoms with E-state index in [4.69, 9.17) is 0 Å². The minimum atomic E-state index is -1.72. The zero-order valence-electron chi connectivity index (χ0n) is 11.5. The lowest BCUT2D eigenvalue weighted by molar-refractivity contribution is -0.115. The molecule has 0 unspecified atom stereocenters. The van der Waals surface area contributed by atoms with Crippen LogP contribution in [-0.2, 0) is 4.79 Å². The number of halogens is 4. The van der Waals surface area contributed by atoms with Crippen LogP contribution in [0.2, 0.25) is 0 Å². The molecule has 0 saturated heterocycles. The van der Waals surface area contributed by atoms with Crippen molar-refractivity contribution in [2.45, 2.75) is 0 Å². The summed E-state index contributed by atoms with van der Waals surface area (Å²) >= 11 is 0. The Labute approximate surface area is 128 Å². The molecule has 0 aliphatic heterocycles. The van der Waals surface area contributed by atoms with Gasteiger partial charge in [0.25, 0.3) is 5.91 Å². The van der Waals surface area contributed by atoms with Crippen molar-refractivity contribution in [3.63, 3.8) is 0 Å². The molecule has 0 bridgehead atoms. The van der Waals surface area contributed by atoms with Crippen molar-refractivity contribution in [1.82, 2.24) is 5.32 Å². The van der Waals surface area contributed by atoms with Gasteiger partial charge in [-0.25, -0.2) is 17.6 Å². The first kappa shape index (κ1) is 16.5.